The summed E-state index contributed by atoms with van der Waals surface area (Å²) in [4.78, 5) is 2.74. The largest absolute Gasteiger partial charge is 0.369 e. The van der Waals surface area contributed by atoms with Crippen molar-refractivity contribution in [3.8, 4) is 0 Å². The van der Waals surface area contributed by atoms with Gasteiger partial charge in [-0.1, -0.05) is 78.9 Å². The number of nitrogens with one attached hydrogen (secondary N) is 2. The van der Waals surface area contributed by atoms with Gasteiger partial charge in [0.2, 0.25) is 0 Å². The molecule has 3 aliphatic heterocycles. The van der Waals surface area contributed by atoms with Gasteiger partial charge in [0.05, 0.1) is 6.17 Å². The van der Waals surface area contributed by atoms with Gasteiger partial charge in [-0.25, -0.2) is 0 Å². The van der Waals surface area contributed by atoms with Crippen molar-refractivity contribution >= 4 is 5.69 Å². The molecule has 0 aliphatic carbocycles. The summed E-state index contributed by atoms with van der Waals surface area (Å²) in [5, 5.41) is 7.83. The van der Waals surface area contributed by atoms with Gasteiger partial charge < -0.3 is 5.32 Å². The van der Waals surface area contributed by atoms with Crippen LogP contribution in [0.25, 0.3) is 0 Å². The molecule has 3 aliphatic rings. The fraction of sp³-hybridized carbons (Fsp3) is 0.308. The Morgan fingerprint density at radius 2 is 1.52 bits per heavy atom. The molecule has 3 heteroatoms. The summed E-state index contributed by atoms with van der Waals surface area (Å²) in [5.41, 5.74) is 5.80. The number of hydrogen-bond acceptors (Lipinski definition) is 3. The Bertz CT molecular complexity index is 1000. The van der Waals surface area contributed by atoms with Crippen LogP contribution in [0.5, 0.6) is 0 Å². The summed E-state index contributed by atoms with van der Waals surface area (Å²) < 4.78 is 0. The maximum Gasteiger partial charge on any atom is 0.0886 e. The number of nitrogens with zero attached hydrogens (tertiary/aromatic N) is 1. The molecule has 3 aromatic rings. The standard InChI is InChI=1S/C26H27N3/c1-3-9-19(10-4-1)17-23-24-26(15-16-29(24)18-20-11-5-2-6-12-20)21-13-7-8-14-22(21)27-25(26)28-23/h1-14,23-25,27-28H,15-18H2. The van der Waals surface area contributed by atoms with Gasteiger partial charge in [0, 0.05) is 29.7 Å². The first-order chi connectivity index (χ1) is 14.3. The van der Waals surface area contributed by atoms with E-state index < -0.39 is 0 Å². The molecular formula is C26H27N3. The second-order valence-corrected chi connectivity index (χ2v) is 8.78. The summed E-state index contributed by atoms with van der Waals surface area (Å²) in [6.45, 7) is 2.17. The molecule has 0 saturated carbocycles. The van der Waals surface area contributed by atoms with Crippen LogP contribution in [0.4, 0.5) is 5.69 Å². The molecule has 2 saturated heterocycles. The Balaban J connectivity index is 1.39. The lowest BCUT2D eigenvalue weighted by Crippen LogP contribution is -2.47. The minimum atomic E-state index is 0.158. The predicted molar refractivity (Wildman–Crippen MR) is 118 cm³/mol. The number of fused-ring (bicyclic) bond motifs is 1. The molecule has 2 fully saturated rings. The van der Waals surface area contributed by atoms with E-state index in [0.29, 0.717) is 18.2 Å². The molecule has 29 heavy (non-hydrogen) atoms. The van der Waals surface area contributed by atoms with Crippen molar-refractivity contribution in [2.75, 3.05) is 11.9 Å². The molecule has 3 heterocycles. The Kier molecular flexibility index (Phi) is 4.00. The summed E-state index contributed by atoms with van der Waals surface area (Å²) in [6.07, 6.45) is 2.59. The first-order valence-electron chi connectivity index (χ1n) is 10.8. The quantitative estimate of drug-likeness (QED) is 0.710. The van der Waals surface area contributed by atoms with Gasteiger partial charge >= 0.3 is 0 Å². The first kappa shape index (κ1) is 17.3. The minimum absolute atomic E-state index is 0.158. The van der Waals surface area contributed by atoms with E-state index >= 15 is 0 Å². The van der Waals surface area contributed by atoms with Crippen LogP contribution in [0.3, 0.4) is 0 Å². The van der Waals surface area contributed by atoms with Crippen molar-refractivity contribution in [2.24, 2.45) is 0 Å². The maximum absolute atomic E-state index is 4.00. The van der Waals surface area contributed by atoms with Crippen molar-refractivity contribution in [1.29, 1.82) is 0 Å². The zero-order chi connectivity index (χ0) is 19.3. The molecule has 2 N–H and O–H groups in total. The van der Waals surface area contributed by atoms with Gasteiger partial charge in [0.1, 0.15) is 0 Å². The van der Waals surface area contributed by atoms with Crippen LogP contribution in [-0.2, 0) is 18.4 Å². The molecule has 4 unspecified atom stereocenters. The van der Waals surface area contributed by atoms with E-state index in [1.165, 1.54) is 28.8 Å². The normalized spacial score (nSPS) is 29.9. The number of benzene rings is 3. The molecule has 0 amide bonds. The summed E-state index contributed by atoms with van der Waals surface area (Å²) in [5.74, 6) is 0. The highest BCUT2D eigenvalue weighted by Gasteiger charge is 2.63. The first-order valence-corrected chi connectivity index (χ1v) is 10.8. The fourth-order valence-corrected chi connectivity index (χ4v) is 6.15. The molecule has 146 valence electrons. The van der Waals surface area contributed by atoms with Gasteiger partial charge in [-0.3, -0.25) is 10.2 Å². The Morgan fingerprint density at radius 1 is 0.828 bits per heavy atom. The summed E-state index contributed by atoms with van der Waals surface area (Å²) >= 11 is 0. The predicted octanol–water partition coefficient (Wildman–Crippen LogP) is 4.17. The van der Waals surface area contributed by atoms with Crippen molar-refractivity contribution in [2.45, 2.75) is 43.1 Å². The molecule has 0 radical (unpaired) electrons. The van der Waals surface area contributed by atoms with Gasteiger partial charge in [0.25, 0.3) is 0 Å². The third-order valence-electron chi connectivity index (χ3n) is 7.27. The van der Waals surface area contributed by atoms with Crippen molar-refractivity contribution < 1.29 is 0 Å². The third kappa shape index (κ3) is 2.65. The van der Waals surface area contributed by atoms with E-state index in [4.69, 9.17) is 0 Å². The summed E-state index contributed by atoms with van der Waals surface area (Å²) in [6, 6.07) is 31.8. The molecule has 1 spiro atoms. The topological polar surface area (TPSA) is 27.3 Å². The van der Waals surface area contributed by atoms with Gasteiger partial charge in [0.15, 0.2) is 0 Å². The second kappa shape index (κ2) is 6.72. The Labute approximate surface area is 172 Å². The van der Waals surface area contributed by atoms with Crippen LogP contribution in [0.1, 0.15) is 23.1 Å². The van der Waals surface area contributed by atoms with Crippen LogP contribution < -0.4 is 10.6 Å². The zero-order valence-corrected chi connectivity index (χ0v) is 16.6. The van der Waals surface area contributed by atoms with E-state index in [1.54, 1.807) is 0 Å². The molecule has 6 rings (SSSR count). The second-order valence-electron chi connectivity index (χ2n) is 8.78. The Morgan fingerprint density at radius 3 is 2.31 bits per heavy atom. The zero-order valence-electron chi connectivity index (χ0n) is 16.6. The van der Waals surface area contributed by atoms with Crippen molar-refractivity contribution in [1.82, 2.24) is 10.2 Å². The molecule has 0 aromatic heterocycles. The molecular weight excluding hydrogens is 354 g/mol. The average molecular weight is 382 g/mol. The highest BCUT2D eigenvalue weighted by molar-refractivity contribution is 5.64. The lowest BCUT2D eigenvalue weighted by atomic mass is 9.74. The molecule has 3 nitrogen and oxygen atoms in total. The molecule has 3 aromatic carbocycles. The Hall–Kier alpha value is -2.62. The number of hydrogen-bond donors (Lipinski definition) is 2. The van der Waals surface area contributed by atoms with Gasteiger partial charge in [-0.2, -0.15) is 0 Å². The van der Waals surface area contributed by atoms with Crippen LogP contribution in [0.2, 0.25) is 0 Å². The monoisotopic (exact) mass is 381 g/mol. The number of anilines is 1. The number of para-hydroxylation sites is 1. The van der Waals surface area contributed by atoms with E-state index in [-0.39, 0.29) is 5.41 Å². The highest BCUT2D eigenvalue weighted by atomic mass is 15.3. The van der Waals surface area contributed by atoms with E-state index in [9.17, 15) is 0 Å². The van der Waals surface area contributed by atoms with Crippen LogP contribution in [-0.4, -0.2) is 29.7 Å². The van der Waals surface area contributed by atoms with Crippen LogP contribution in [0.15, 0.2) is 84.9 Å². The average Bonchev–Trinajstić information content (AvgIpc) is 3.37. The van der Waals surface area contributed by atoms with Crippen molar-refractivity contribution in [3.63, 3.8) is 0 Å². The van der Waals surface area contributed by atoms with E-state index in [0.717, 1.165) is 19.5 Å². The van der Waals surface area contributed by atoms with Gasteiger partial charge in [-0.05, 0) is 42.1 Å². The lowest BCUT2D eigenvalue weighted by molar-refractivity contribution is 0.198. The maximum atomic E-state index is 4.00. The SMILES string of the molecule is c1ccc(CC2NC3Nc4ccccc4C34CCN(Cc3ccccc3)C24)cc1. The number of rotatable bonds is 4. The molecule has 4 atom stereocenters. The third-order valence-corrected chi connectivity index (χ3v) is 7.27. The molecule has 0 bridgehead atoms. The number of likely N-dealkylation sites (tertiary alicyclic amines) is 1. The smallest absolute Gasteiger partial charge is 0.0886 e. The van der Waals surface area contributed by atoms with Crippen molar-refractivity contribution in [3.05, 3.63) is 102 Å². The van der Waals surface area contributed by atoms with Crippen LogP contribution in [0, 0.1) is 0 Å². The highest BCUT2D eigenvalue weighted by Crippen LogP contribution is 2.54. The minimum Gasteiger partial charge on any atom is -0.369 e. The lowest BCUT2D eigenvalue weighted by Gasteiger charge is -2.34. The van der Waals surface area contributed by atoms with E-state index in [2.05, 4.69) is 100 Å². The summed E-state index contributed by atoms with van der Waals surface area (Å²) in [7, 11) is 0. The fourth-order valence-electron chi connectivity index (χ4n) is 6.15. The van der Waals surface area contributed by atoms with Gasteiger partial charge in [-0.15, -0.1) is 0 Å². The van der Waals surface area contributed by atoms with Crippen LogP contribution >= 0.6 is 0 Å². The van der Waals surface area contributed by atoms with E-state index in [1.807, 2.05) is 0 Å².